The average molecular weight is 285 g/mol. The van der Waals surface area contributed by atoms with Gasteiger partial charge in [-0.3, -0.25) is 0 Å². The van der Waals surface area contributed by atoms with Gasteiger partial charge in [0.25, 0.3) is 0 Å². The summed E-state index contributed by atoms with van der Waals surface area (Å²) in [6.07, 6.45) is 6.51. The number of hydrogen-bond acceptors (Lipinski definition) is 4. The van der Waals surface area contributed by atoms with Gasteiger partial charge in [0.1, 0.15) is 0 Å². The molecule has 0 bridgehead atoms. The maximum absolute atomic E-state index is 6.27. The molecule has 0 amide bonds. The topological polar surface area (TPSA) is 64.9 Å². The van der Waals surface area contributed by atoms with E-state index in [4.69, 9.17) is 10.3 Å². The van der Waals surface area contributed by atoms with Crippen LogP contribution in [0, 0.1) is 12.8 Å². The summed E-state index contributed by atoms with van der Waals surface area (Å²) in [5.41, 5.74) is 8.77. The van der Waals surface area contributed by atoms with E-state index in [1.165, 1.54) is 36.8 Å². The van der Waals surface area contributed by atoms with Gasteiger partial charge in [0.05, 0.1) is 0 Å². The molecule has 1 heterocycles. The van der Waals surface area contributed by atoms with Gasteiger partial charge in [0.15, 0.2) is 5.82 Å². The molecule has 1 aromatic heterocycles. The fourth-order valence-electron chi connectivity index (χ4n) is 3.18. The first-order chi connectivity index (χ1) is 10.2. The van der Waals surface area contributed by atoms with Gasteiger partial charge in [-0.1, -0.05) is 42.3 Å². The highest BCUT2D eigenvalue weighted by molar-refractivity contribution is 5.27. The van der Waals surface area contributed by atoms with E-state index in [1.54, 1.807) is 0 Å². The Morgan fingerprint density at radius 2 is 2.05 bits per heavy atom. The second-order valence-corrected chi connectivity index (χ2v) is 6.12. The number of aromatic nitrogens is 2. The van der Waals surface area contributed by atoms with Crippen molar-refractivity contribution < 1.29 is 4.52 Å². The van der Waals surface area contributed by atoms with Gasteiger partial charge in [0.2, 0.25) is 5.89 Å². The maximum atomic E-state index is 6.27. The molecule has 21 heavy (non-hydrogen) atoms. The first-order valence-corrected chi connectivity index (χ1v) is 7.84. The van der Waals surface area contributed by atoms with Gasteiger partial charge in [-0.15, -0.1) is 0 Å². The van der Waals surface area contributed by atoms with E-state index in [-0.39, 0.29) is 6.04 Å². The number of hydrogen-bond donors (Lipinski definition) is 1. The van der Waals surface area contributed by atoms with Crippen molar-refractivity contribution in [3.8, 4) is 0 Å². The molecule has 3 rings (SSSR count). The van der Waals surface area contributed by atoms with Gasteiger partial charge in [0, 0.05) is 18.9 Å². The van der Waals surface area contributed by atoms with E-state index in [0.717, 1.165) is 12.2 Å². The van der Waals surface area contributed by atoms with Crippen molar-refractivity contribution in [3.63, 3.8) is 0 Å². The Labute approximate surface area is 125 Å². The van der Waals surface area contributed by atoms with Crippen molar-refractivity contribution in [2.45, 2.75) is 51.5 Å². The highest BCUT2D eigenvalue weighted by Crippen LogP contribution is 2.28. The van der Waals surface area contributed by atoms with Gasteiger partial charge in [-0.25, -0.2) is 0 Å². The zero-order valence-electron chi connectivity index (χ0n) is 12.6. The van der Waals surface area contributed by atoms with Gasteiger partial charge < -0.3 is 10.3 Å². The molecule has 1 fully saturated rings. The molecule has 1 aliphatic rings. The van der Waals surface area contributed by atoms with Gasteiger partial charge in [-0.2, -0.15) is 4.98 Å². The van der Waals surface area contributed by atoms with Crippen LogP contribution in [0.3, 0.4) is 0 Å². The minimum Gasteiger partial charge on any atom is -0.339 e. The highest BCUT2D eigenvalue weighted by atomic mass is 16.5. The number of benzene rings is 1. The van der Waals surface area contributed by atoms with Crippen LogP contribution in [0.5, 0.6) is 0 Å². The Morgan fingerprint density at radius 1 is 1.29 bits per heavy atom. The molecule has 0 radical (unpaired) electrons. The Morgan fingerprint density at radius 3 is 2.81 bits per heavy atom. The van der Waals surface area contributed by atoms with Crippen LogP contribution in [0.2, 0.25) is 0 Å². The summed E-state index contributed by atoms with van der Waals surface area (Å²) in [6, 6.07) is 8.45. The molecular formula is C17H23N3O. The van der Waals surface area contributed by atoms with E-state index in [0.29, 0.717) is 18.2 Å². The monoisotopic (exact) mass is 285 g/mol. The molecule has 0 saturated heterocycles. The Bertz CT molecular complexity index is 587. The fourth-order valence-corrected chi connectivity index (χ4v) is 3.18. The van der Waals surface area contributed by atoms with Crippen molar-refractivity contribution in [1.29, 1.82) is 0 Å². The van der Waals surface area contributed by atoms with E-state index in [1.807, 2.05) is 12.1 Å². The molecule has 4 heteroatoms. The predicted octanol–water partition coefficient (Wildman–Crippen LogP) is 3.03. The third kappa shape index (κ3) is 3.50. The minimum absolute atomic E-state index is 0.152. The molecule has 4 nitrogen and oxygen atoms in total. The largest absolute Gasteiger partial charge is 0.339 e. The summed E-state index contributed by atoms with van der Waals surface area (Å²) in [5.74, 6) is 2.05. The van der Waals surface area contributed by atoms with Crippen molar-refractivity contribution in [1.82, 2.24) is 10.1 Å². The number of aryl methyl sites for hydroxylation is 1. The molecule has 2 aromatic rings. The van der Waals surface area contributed by atoms with Crippen molar-refractivity contribution in [2.24, 2.45) is 11.7 Å². The lowest BCUT2D eigenvalue weighted by Crippen LogP contribution is -2.30. The summed E-state index contributed by atoms with van der Waals surface area (Å²) in [6.45, 7) is 2.10. The standard InChI is InChI=1S/C17H23N3O/c1-12-6-2-3-9-14(12)10-16-19-17(21-20-16)11-15(18)13-7-4-5-8-13/h2-3,6,9,13,15H,4-5,7-8,10-11,18H2,1H3. The summed E-state index contributed by atoms with van der Waals surface area (Å²) in [7, 11) is 0. The number of nitrogens with two attached hydrogens (primary N) is 1. The summed E-state index contributed by atoms with van der Waals surface area (Å²) in [5, 5.41) is 4.09. The quantitative estimate of drug-likeness (QED) is 0.917. The molecule has 1 aromatic carbocycles. The van der Waals surface area contributed by atoms with Crippen LogP contribution in [0.25, 0.3) is 0 Å². The third-order valence-corrected chi connectivity index (χ3v) is 4.54. The number of rotatable bonds is 5. The maximum Gasteiger partial charge on any atom is 0.228 e. The third-order valence-electron chi connectivity index (χ3n) is 4.54. The van der Waals surface area contributed by atoms with Crippen LogP contribution in [0.1, 0.15) is 48.5 Å². The molecule has 2 N–H and O–H groups in total. The molecule has 112 valence electrons. The minimum atomic E-state index is 0.152. The average Bonchev–Trinajstić information content (AvgIpc) is 3.13. The van der Waals surface area contributed by atoms with Gasteiger partial charge in [-0.05, 0) is 36.8 Å². The highest BCUT2D eigenvalue weighted by Gasteiger charge is 2.24. The predicted molar refractivity (Wildman–Crippen MR) is 81.9 cm³/mol. The lowest BCUT2D eigenvalue weighted by Gasteiger charge is -2.16. The SMILES string of the molecule is Cc1ccccc1Cc1noc(CC(N)C2CCCC2)n1. The van der Waals surface area contributed by atoms with Crippen LogP contribution in [-0.4, -0.2) is 16.2 Å². The number of nitrogens with zero attached hydrogens (tertiary/aromatic N) is 2. The Kier molecular flexibility index (Phi) is 4.34. The summed E-state index contributed by atoms with van der Waals surface area (Å²) >= 11 is 0. The second-order valence-electron chi connectivity index (χ2n) is 6.12. The van der Waals surface area contributed by atoms with Crippen LogP contribution in [0.4, 0.5) is 0 Å². The van der Waals surface area contributed by atoms with E-state index >= 15 is 0 Å². The van der Waals surface area contributed by atoms with Crippen molar-refractivity contribution in [3.05, 3.63) is 47.1 Å². The molecule has 0 aliphatic heterocycles. The van der Waals surface area contributed by atoms with E-state index < -0.39 is 0 Å². The lowest BCUT2D eigenvalue weighted by atomic mass is 9.96. The lowest BCUT2D eigenvalue weighted by molar-refractivity contribution is 0.339. The second kappa shape index (κ2) is 6.39. The summed E-state index contributed by atoms with van der Waals surface area (Å²) in [4.78, 5) is 4.50. The smallest absolute Gasteiger partial charge is 0.228 e. The normalized spacial score (nSPS) is 17.2. The van der Waals surface area contributed by atoms with Crippen LogP contribution in [0.15, 0.2) is 28.8 Å². The Balaban J connectivity index is 1.62. The molecular weight excluding hydrogens is 262 g/mol. The van der Waals surface area contributed by atoms with Crippen molar-refractivity contribution in [2.75, 3.05) is 0 Å². The zero-order valence-corrected chi connectivity index (χ0v) is 12.6. The Hall–Kier alpha value is -1.68. The first kappa shape index (κ1) is 14.3. The molecule has 1 unspecified atom stereocenters. The molecule has 0 spiro atoms. The van der Waals surface area contributed by atoms with E-state index in [9.17, 15) is 0 Å². The van der Waals surface area contributed by atoms with Crippen LogP contribution in [-0.2, 0) is 12.8 Å². The van der Waals surface area contributed by atoms with Crippen LogP contribution >= 0.6 is 0 Å². The van der Waals surface area contributed by atoms with Crippen LogP contribution < -0.4 is 5.73 Å². The molecule has 1 saturated carbocycles. The summed E-state index contributed by atoms with van der Waals surface area (Å²) < 4.78 is 5.37. The first-order valence-electron chi connectivity index (χ1n) is 7.84. The van der Waals surface area contributed by atoms with E-state index in [2.05, 4.69) is 29.2 Å². The van der Waals surface area contributed by atoms with Crippen molar-refractivity contribution >= 4 is 0 Å². The fraction of sp³-hybridized carbons (Fsp3) is 0.529. The zero-order chi connectivity index (χ0) is 14.7. The van der Waals surface area contributed by atoms with Gasteiger partial charge >= 0.3 is 0 Å². The molecule has 1 aliphatic carbocycles. The molecule has 1 atom stereocenters.